The summed E-state index contributed by atoms with van der Waals surface area (Å²) in [5, 5.41) is 3.84. The van der Waals surface area contributed by atoms with Gasteiger partial charge in [-0.05, 0) is 31.5 Å². The summed E-state index contributed by atoms with van der Waals surface area (Å²) in [5.74, 6) is 3.15. The summed E-state index contributed by atoms with van der Waals surface area (Å²) in [6.07, 6.45) is 5.17. The topological polar surface area (TPSA) is 38.3 Å². The molecule has 0 fully saturated rings. The van der Waals surface area contributed by atoms with Crippen LogP contribution in [0.25, 0.3) is 0 Å². The van der Waals surface area contributed by atoms with Crippen LogP contribution < -0.4 is 15.4 Å². The predicted molar refractivity (Wildman–Crippen MR) is 69.4 cm³/mol. The Hall–Kier alpha value is -1.39. The number of methoxy groups -OCH3 is 1. The highest BCUT2D eigenvalue weighted by molar-refractivity contribution is 7.70. The second-order valence-corrected chi connectivity index (χ2v) is 7.01. The summed E-state index contributed by atoms with van der Waals surface area (Å²) in [6.45, 7) is 3.90. The van der Waals surface area contributed by atoms with Crippen molar-refractivity contribution in [3.63, 3.8) is 0 Å². The molecule has 0 aliphatic rings. The van der Waals surface area contributed by atoms with Gasteiger partial charge in [-0.2, -0.15) is 0 Å². The molecule has 0 unspecified atom stereocenters. The molecule has 0 atom stereocenters. The number of anilines is 1. The van der Waals surface area contributed by atoms with Crippen molar-refractivity contribution in [3.05, 3.63) is 18.2 Å². The molecule has 3 nitrogen and oxygen atoms in total. The van der Waals surface area contributed by atoms with Crippen LogP contribution in [0.5, 0.6) is 5.75 Å². The lowest BCUT2D eigenvalue weighted by Gasteiger charge is -2.13. The molecule has 0 bridgehead atoms. The van der Waals surface area contributed by atoms with E-state index in [1.807, 2.05) is 12.1 Å². The first kappa shape index (κ1) is 12.7. The SMILES string of the molecule is C#CCNc1ccc(P(C)(C)=O)cc1OC. The molecule has 1 aromatic rings. The van der Waals surface area contributed by atoms with Gasteiger partial charge >= 0.3 is 0 Å². The molecule has 0 aliphatic carbocycles. The van der Waals surface area contributed by atoms with E-state index in [0.717, 1.165) is 11.0 Å². The van der Waals surface area contributed by atoms with Crippen LogP contribution in [0.15, 0.2) is 18.2 Å². The fourth-order valence-electron chi connectivity index (χ4n) is 1.31. The van der Waals surface area contributed by atoms with E-state index >= 15 is 0 Å². The summed E-state index contributed by atoms with van der Waals surface area (Å²) >= 11 is 0. The van der Waals surface area contributed by atoms with Crippen molar-refractivity contribution >= 4 is 18.1 Å². The van der Waals surface area contributed by atoms with Crippen LogP contribution in [0.3, 0.4) is 0 Å². The highest BCUT2D eigenvalue weighted by Crippen LogP contribution is 2.37. The predicted octanol–water partition coefficient (Wildman–Crippen LogP) is 1.99. The van der Waals surface area contributed by atoms with Gasteiger partial charge in [0.15, 0.2) is 0 Å². The molecule has 4 heteroatoms. The third-order valence-electron chi connectivity index (χ3n) is 2.19. The second-order valence-electron chi connectivity index (χ2n) is 3.79. The van der Waals surface area contributed by atoms with Gasteiger partial charge in [0.25, 0.3) is 0 Å². The zero-order chi connectivity index (χ0) is 12.2. The van der Waals surface area contributed by atoms with E-state index < -0.39 is 7.14 Å². The Labute approximate surface area is 96.6 Å². The van der Waals surface area contributed by atoms with Crippen molar-refractivity contribution in [3.8, 4) is 18.1 Å². The summed E-state index contributed by atoms with van der Waals surface area (Å²) in [6, 6.07) is 5.47. The average Bonchev–Trinajstić information content (AvgIpc) is 2.24. The Morgan fingerprint density at radius 3 is 2.69 bits per heavy atom. The first-order valence-corrected chi connectivity index (χ1v) is 7.50. The minimum absolute atomic E-state index is 0.436. The van der Waals surface area contributed by atoms with E-state index in [-0.39, 0.29) is 0 Å². The zero-order valence-electron chi connectivity index (χ0n) is 9.78. The fourth-order valence-corrected chi connectivity index (χ4v) is 2.17. The maximum absolute atomic E-state index is 11.9. The molecule has 0 aliphatic heterocycles. The number of benzene rings is 1. The van der Waals surface area contributed by atoms with Crippen molar-refractivity contribution in [2.45, 2.75) is 0 Å². The lowest BCUT2D eigenvalue weighted by atomic mass is 10.3. The number of terminal acetylenes is 1. The zero-order valence-corrected chi connectivity index (χ0v) is 10.7. The quantitative estimate of drug-likeness (QED) is 0.643. The monoisotopic (exact) mass is 237 g/mol. The van der Waals surface area contributed by atoms with Crippen molar-refractivity contribution in [2.24, 2.45) is 0 Å². The Morgan fingerprint density at radius 1 is 1.50 bits per heavy atom. The van der Waals surface area contributed by atoms with Crippen LogP contribution in [0.2, 0.25) is 0 Å². The van der Waals surface area contributed by atoms with Gasteiger partial charge in [-0.1, -0.05) is 5.92 Å². The minimum atomic E-state index is -2.25. The number of hydrogen-bond acceptors (Lipinski definition) is 3. The molecular formula is C12H16NO2P. The molecule has 0 spiro atoms. The molecule has 0 amide bonds. The summed E-state index contributed by atoms with van der Waals surface area (Å²) < 4.78 is 17.1. The molecule has 0 saturated carbocycles. The molecule has 1 aromatic carbocycles. The molecule has 1 N–H and O–H groups in total. The van der Waals surface area contributed by atoms with E-state index in [9.17, 15) is 4.57 Å². The van der Waals surface area contributed by atoms with Gasteiger partial charge in [0, 0.05) is 5.30 Å². The molecule has 0 saturated heterocycles. The van der Waals surface area contributed by atoms with Crippen LogP contribution >= 0.6 is 7.14 Å². The number of ether oxygens (including phenoxy) is 1. The molecule has 1 rings (SSSR count). The van der Waals surface area contributed by atoms with Crippen molar-refractivity contribution in [1.82, 2.24) is 0 Å². The Bertz CT molecular complexity index is 457. The average molecular weight is 237 g/mol. The minimum Gasteiger partial charge on any atom is -0.495 e. The van der Waals surface area contributed by atoms with Gasteiger partial charge in [0.1, 0.15) is 12.9 Å². The summed E-state index contributed by atoms with van der Waals surface area (Å²) in [5.41, 5.74) is 0.817. The third kappa shape index (κ3) is 3.05. The van der Waals surface area contributed by atoms with Crippen LogP contribution in [0.1, 0.15) is 0 Å². The van der Waals surface area contributed by atoms with Crippen molar-refractivity contribution < 1.29 is 9.30 Å². The standard InChI is InChI=1S/C12H16NO2P/c1-5-8-13-11-7-6-10(16(3,4)14)9-12(11)15-2/h1,6-7,9,13H,8H2,2-4H3. The Morgan fingerprint density at radius 2 is 2.19 bits per heavy atom. The molecular weight excluding hydrogens is 221 g/mol. The van der Waals surface area contributed by atoms with Gasteiger partial charge in [0.2, 0.25) is 0 Å². The van der Waals surface area contributed by atoms with Crippen molar-refractivity contribution in [1.29, 1.82) is 0 Å². The number of rotatable bonds is 4. The van der Waals surface area contributed by atoms with Crippen LogP contribution in [0, 0.1) is 12.3 Å². The smallest absolute Gasteiger partial charge is 0.142 e. The maximum atomic E-state index is 11.9. The lowest BCUT2D eigenvalue weighted by molar-refractivity contribution is 0.417. The van der Waals surface area contributed by atoms with Crippen molar-refractivity contribution in [2.75, 3.05) is 32.3 Å². The molecule has 0 heterocycles. The van der Waals surface area contributed by atoms with Gasteiger partial charge < -0.3 is 14.6 Å². The van der Waals surface area contributed by atoms with Gasteiger partial charge in [-0.15, -0.1) is 6.42 Å². The maximum Gasteiger partial charge on any atom is 0.142 e. The van der Waals surface area contributed by atoms with Gasteiger partial charge in [0.05, 0.1) is 19.3 Å². The first-order valence-electron chi connectivity index (χ1n) is 4.90. The fraction of sp³-hybridized carbons (Fsp3) is 0.333. The van der Waals surface area contributed by atoms with E-state index in [1.54, 1.807) is 26.5 Å². The van der Waals surface area contributed by atoms with E-state index in [0.29, 0.717) is 12.3 Å². The van der Waals surface area contributed by atoms with Crippen LogP contribution in [-0.4, -0.2) is 27.0 Å². The normalized spacial score (nSPS) is 10.6. The van der Waals surface area contributed by atoms with Gasteiger partial charge in [-0.3, -0.25) is 0 Å². The molecule has 86 valence electrons. The van der Waals surface area contributed by atoms with E-state index in [2.05, 4.69) is 11.2 Å². The second kappa shape index (κ2) is 5.09. The van der Waals surface area contributed by atoms with E-state index in [1.165, 1.54) is 0 Å². The van der Waals surface area contributed by atoms with Crippen LogP contribution in [-0.2, 0) is 4.57 Å². The number of nitrogens with one attached hydrogen (secondary N) is 1. The third-order valence-corrected chi connectivity index (χ3v) is 3.71. The Balaban J connectivity index is 3.08. The summed E-state index contributed by atoms with van der Waals surface area (Å²) in [7, 11) is -0.672. The van der Waals surface area contributed by atoms with Gasteiger partial charge in [-0.25, -0.2) is 0 Å². The highest BCUT2D eigenvalue weighted by atomic mass is 31.2. The summed E-state index contributed by atoms with van der Waals surface area (Å²) in [4.78, 5) is 0. The first-order chi connectivity index (χ1) is 7.49. The molecule has 0 radical (unpaired) electrons. The van der Waals surface area contributed by atoms with E-state index in [4.69, 9.17) is 11.2 Å². The largest absolute Gasteiger partial charge is 0.495 e. The molecule has 0 aromatic heterocycles. The lowest BCUT2D eigenvalue weighted by Crippen LogP contribution is -2.07. The Kier molecular flexibility index (Phi) is 4.04. The van der Waals surface area contributed by atoms with Crippen LogP contribution in [0.4, 0.5) is 5.69 Å². The highest BCUT2D eigenvalue weighted by Gasteiger charge is 2.13. The molecule has 16 heavy (non-hydrogen) atoms. The number of hydrogen-bond donors (Lipinski definition) is 1.